The number of amides is 1. The smallest absolute Gasteiger partial charge is 0.264 e. The first-order valence-electron chi connectivity index (χ1n) is 10.6. The third-order valence-corrected chi connectivity index (χ3v) is 7.20. The zero-order chi connectivity index (χ0) is 23.5. The van der Waals surface area contributed by atoms with Crippen molar-refractivity contribution in [2.75, 3.05) is 16.2 Å². The Balaban J connectivity index is 1.97. The number of rotatable bonds is 7. The molecule has 0 aliphatic carbocycles. The number of hydrogen-bond acceptors (Lipinski definition) is 3. The number of nitrogens with one attached hydrogen (secondary N) is 1. The van der Waals surface area contributed by atoms with Gasteiger partial charge in [0.15, 0.2) is 0 Å². The normalized spacial score (nSPS) is 11.4. The lowest BCUT2D eigenvalue weighted by Crippen LogP contribution is -2.38. The number of anilines is 2. The average molecular weight is 451 g/mol. The molecule has 0 heterocycles. The molecule has 0 radical (unpaired) electrons. The van der Waals surface area contributed by atoms with E-state index >= 15 is 0 Å². The van der Waals surface area contributed by atoms with E-state index in [0.29, 0.717) is 17.3 Å². The highest BCUT2D eigenvalue weighted by Crippen LogP contribution is 2.26. The van der Waals surface area contributed by atoms with Crippen LogP contribution in [0, 0.1) is 20.8 Å². The van der Waals surface area contributed by atoms with Gasteiger partial charge in [-0.15, -0.1) is 0 Å². The van der Waals surface area contributed by atoms with Crippen LogP contribution in [0.4, 0.5) is 11.4 Å². The van der Waals surface area contributed by atoms with Gasteiger partial charge in [-0.25, -0.2) is 8.42 Å². The van der Waals surface area contributed by atoms with Crippen molar-refractivity contribution in [2.24, 2.45) is 0 Å². The van der Waals surface area contributed by atoms with Crippen molar-refractivity contribution >= 4 is 27.3 Å². The first-order valence-corrected chi connectivity index (χ1v) is 12.1. The van der Waals surface area contributed by atoms with Gasteiger partial charge in [0, 0.05) is 5.69 Å². The number of benzene rings is 3. The molecule has 0 aromatic heterocycles. The van der Waals surface area contributed by atoms with Crippen LogP contribution >= 0.6 is 0 Å². The number of carbonyl (C=O) groups excluding carboxylic acids is 1. The Kier molecular flexibility index (Phi) is 7.04. The molecule has 168 valence electrons. The molecular formula is C26H30N2O3S. The van der Waals surface area contributed by atoms with Crippen molar-refractivity contribution in [3.8, 4) is 0 Å². The maximum atomic E-state index is 13.5. The third kappa shape index (κ3) is 5.37. The van der Waals surface area contributed by atoms with E-state index in [4.69, 9.17) is 0 Å². The molecule has 0 atom stereocenters. The standard InChI is InChI=1S/C26H30N2O3S/c1-18(2)22-10-12-23(13-11-22)28(32(30,31)24-14-7-19(3)8-15-24)17-26(29)27-25-16-20(4)6-9-21(25)5/h6-16,18H,17H2,1-5H3,(H,27,29). The van der Waals surface area contributed by atoms with Gasteiger partial charge in [-0.05, 0) is 73.7 Å². The van der Waals surface area contributed by atoms with Crippen LogP contribution in [0.25, 0.3) is 0 Å². The second kappa shape index (κ2) is 9.57. The lowest BCUT2D eigenvalue weighted by Gasteiger charge is -2.25. The number of aryl methyl sites for hydroxylation is 3. The molecule has 0 aliphatic heterocycles. The van der Waals surface area contributed by atoms with E-state index < -0.39 is 15.9 Å². The lowest BCUT2D eigenvalue weighted by atomic mass is 10.0. The van der Waals surface area contributed by atoms with Crippen LogP contribution < -0.4 is 9.62 Å². The van der Waals surface area contributed by atoms with Gasteiger partial charge in [0.05, 0.1) is 10.6 Å². The number of sulfonamides is 1. The molecule has 6 heteroatoms. The molecule has 1 amide bonds. The van der Waals surface area contributed by atoms with Crippen LogP contribution in [-0.4, -0.2) is 20.9 Å². The van der Waals surface area contributed by atoms with Crippen LogP contribution in [-0.2, 0) is 14.8 Å². The second-order valence-electron chi connectivity index (χ2n) is 8.44. The molecule has 5 nitrogen and oxygen atoms in total. The van der Waals surface area contributed by atoms with Gasteiger partial charge in [-0.3, -0.25) is 9.10 Å². The van der Waals surface area contributed by atoms with Gasteiger partial charge in [0.25, 0.3) is 10.0 Å². The van der Waals surface area contributed by atoms with Crippen molar-refractivity contribution in [2.45, 2.75) is 45.4 Å². The number of hydrogen-bond donors (Lipinski definition) is 1. The van der Waals surface area contributed by atoms with Crippen molar-refractivity contribution in [1.82, 2.24) is 0 Å². The first-order chi connectivity index (χ1) is 15.1. The predicted octanol–water partition coefficient (Wildman–Crippen LogP) is 5.57. The molecule has 3 aromatic carbocycles. The molecule has 0 bridgehead atoms. The van der Waals surface area contributed by atoms with Crippen molar-refractivity contribution in [3.63, 3.8) is 0 Å². The Hall–Kier alpha value is -3.12. The maximum absolute atomic E-state index is 13.5. The van der Waals surface area contributed by atoms with Crippen LogP contribution in [0.5, 0.6) is 0 Å². The molecule has 1 N–H and O–H groups in total. The molecule has 0 unspecified atom stereocenters. The Morgan fingerprint density at radius 3 is 2.06 bits per heavy atom. The SMILES string of the molecule is Cc1ccc(S(=O)(=O)N(CC(=O)Nc2cc(C)ccc2C)c2ccc(C(C)C)cc2)cc1. The second-order valence-corrected chi connectivity index (χ2v) is 10.3. The number of carbonyl (C=O) groups is 1. The summed E-state index contributed by atoms with van der Waals surface area (Å²) in [5.74, 6) is -0.0823. The van der Waals surface area contributed by atoms with Gasteiger partial charge in [0.1, 0.15) is 6.54 Å². The highest BCUT2D eigenvalue weighted by atomic mass is 32.2. The Bertz CT molecular complexity index is 1200. The summed E-state index contributed by atoms with van der Waals surface area (Å²) in [6.45, 7) is 9.57. The Morgan fingerprint density at radius 2 is 1.47 bits per heavy atom. The van der Waals surface area contributed by atoms with Crippen LogP contribution in [0.2, 0.25) is 0 Å². The molecule has 0 spiro atoms. The van der Waals surface area contributed by atoms with Gasteiger partial charge in [0.2, 0.25) is 5.91 Å². The minimum Gasteiger partial charge on any atom is -0.324 e. The van der Waals surface area contributed by atoms with Gasteiger partial charge >= 0.3 is 0 Å². The van der Waals surface area contributed by atoms with Crippen molar-refractivity contribution in [1.29, 1.82) is 0 Å². The van der Waals surface area contributed by atoms with E-state index in [-0.39, 0.29) is 11.4 Å². The minimum atomic E-state index is -3.94. The van der Waals surface area contributed by atoms with Crippen LogP contribution in [0.3, 0.4) is 0 Å². The molecule has 0 aliphatic rings. The molecule has 0 saturated carbocycles. The third-order valence-electron chi connectivity index (χ3n) is 5.41. The number of nitrogens with zero attached hydrogens (tertiary/aromatic N) is 1. The van der Waals surface area contributed by atoms with E-state index in [2.05, 4.69) is 19.2 Å². The Labute approximate surface area is 191 Å². The van der Waals surface area contributed by atoms with E-state index in [1.807, 2.05) is 51.1 Å². The molecule has 0 fully saturated rings. The fraction of sp³-hybridized carbons (Fsp3) is 0.269. The summed E-state index contributed by atoms with van der Waals surface area (Å²) < 4.78 is 28.2. The highest BCUT2D eigenvalue weighted by Gasteiger charge is 2.27. The Morgan fingerprint density at radius 1 is 0.875 bits per heavy atom. The fourth-order valence-corrected chi connectivity index (χ4v) is 4.79. The zero-order valence-electron chi connectivity index (χ0n) is 19.2. The largest absolute Gasteiger partial charge is 0.324 e. The molecule has 0 saturated heterocycles. The fourth-order valence-electron chi connectivity index (χ4n) is 3.37. The summed E-state index contributed by atoms with van der Waals surface area (Å²) in [4.78, 5) is 13.1. The van der Waals surface area contributed by atoms with Gasteiger partial charge in [-0.2, -0.15) is 0 Å². The van der Waals surface area contributed by atoms with Crippen LogP contribution in [0.1, 0.15) is 42.0 Å². The van der Waals surface area contributed by atoms with Gasteiger partial charge < -0.3 is 5.32 Å². The molecule has 32 heavy (non-hydrogen) atoms. The topological polar surface area (TPSA) is 66.5 Å². The van der Waals surface area contributed by atoms with Gasteiger partial charge in [-0.1, -0.05) is 55.8 Å². The lowest BCUT2D eigenvalue weighted by molar-refractivity contribution is -0.114. The summed E-state index contributed by atoms with van der Waals surface area (Å²) in [7, 11) is -3.94. The monoisotopic (exact) mass is 450 g/mol. The summed E-state index contributed by atoms with van der Waals surface area (Å²) >= 11 is 0. The van der Waals surface area contributed by atoms with Crippen LogP contribution in [0.15, 0.2) is 71.6 Å². The summed E-state index contributed by atoms with van der Waals surface area (Å²) in [6, 6.07) is 19.7. The summed E-state index contributed by atoms with van der Waals surface area (Å²) in [5.41, 5.74) is 5.12. The van der Waals surface area contributed by atoms with E-state index in [0.717, 1.165) is 22.3 Å². The minimum absolute atomic E-state index is 0.149. The first kappa shape index (κ1) is 23.5. The van der Waals surface area contributed by atoms with E-state index in [1.165, 1.54) is 4.31 Å². The van der Waals surface area contributed by atoms with Crippen molar-refractivity contribution < 1.29 is 13.2 Å². The van der Waals surface area contributed by atoms with E-state index in [9.17, 15) is 13.2 Å². The maximum Gasteiger partial charge on any atom is 0.264 e. The average Bonchev–Trinajstić information content (AvgIpc) is 2.75. The highest BCUT2D eigenvalue weighted by molar-refractivity contribution is 7.92. The molecular weight excluding hydrogens is 420 g/mol. The van der Waals surface area contributed by atoms with Crippen molar-refractivity contribution in [3.05, 3.63) is 89.0 Å². The zero-order valence-corrected chi connectivity index (χ0v) is 20.0. The summed E-state index contributed by atoms with van der Waals surface area (Å²) in [6.07, 6.45) is 0. The summed E-state index contributed by atoms with van der Waals surface area (Å²) in [5, 5.41) is 2.87. The predicted molar refractivity (Wildman–Crippen MR) is 131 cm³/mol. The molecule has 3 aromatic rings. The quantitative estimate of drug-likeness (QED) is 0.512. The molecule has 3 rings (SSSR count). The van der Waals surface area contributed by atoms with E-state index in [1.54, 1.807) is 36.4 Å².